The van der Waals surface area contributed by atoms with Crippen molar-refractivity contribution in [2.75, 3.05) is 40.3 Å². The molecule has 2 saturated heterocycles. The van der Waals surface area contributed by atoms with E-state index in [9.17, 15) is 9.59 Å². The Morgan fingerprint density at radius 3 is 1.13 bits per heavy atom. The molecule has 0 spiro atoms. The molecule has 6 nitrogen and oxygen atoms in total. The molecule has 386 valence electrons. The van der Waals surface area contributed by atoms with Crippen molar-refractivity contribution in [1.82, 2.24) is 18.9 Å². The summed E-state index contributed by atoms with van der Waals surface area (Å²) in [7, 11) is 4.40. The summed E-state index contributed by atoms with van der Waals surface area (Å²) in [6.45, 7) is 13.1. The van der Waals surface area contributed by atoms with Gasteiger partial charge < -0.3 is 9.80 Å². The highest BCUT2D eigenvalue weighted by Crippen LogP contribution is 2.36. The topological polar surface area (TPSA) is 50.5 Å². The maximum absolute atomic E-state index is 13.1. The van der Waals surface area contributed by atoms with Crippen molar-refractivity contribution in [3.8, 4) is 0 Å². The van der Waals surface area contributed by atoms with Crippen LogP contribution in [-0.4, -0.2) is 71.0 Å². The summed E-state index contributed by atoms with van der Waals surface area (Å²) in [5, 5.41) is 2.54. The number of hydrogen-bond acceptors (Lipinski definition) is 4. The zero-order valence-electron chi connectivity index (χ0n) is 45.4. The number of carbonyl (C=O) groups excluding carboxylic acids is 2. The zero-order chi connectivity index (χ0) is 50.0. The summed E-state index contributed by atoms with van der Waals surface area (Å²) in [6, 6.07) is 16.9. The average Bonchev–Trinajstić information content (AvgIpc) is 3.98. The van der Waals surface area contributed by atoms with E-state index >= 15 is 0 Å². The largest absolute Gasteiger partial charge is 0.306 e. The number of piperidine rings is 2. The first-order chi connectivity index (χ1) is 34.4. The first-order valence-electron chi connectivity index (χ1n) is 28.7. The van der Waals surface area contributed by atoms with Gasteiger partial charge in [-0.05, 0) is 165 Å². The molecule has 0 unspecified atom stereocenters. The lowest BCUT2D eigenvalue weighted by atomic mass is 9.89. The lowest BCUT2D eigenvalue weighted by Gasteiger charge is -2.28. The molecule has 4 heterocycles. The van der Waals surface area contributed by atoms with E-state index in [1.165, 1.54) is 137 Å². The Bertz CT molecular complexity index is 1980. The molecular weight excluding hydrogens is 857 g/mol. The van der Waals surface area contributed by atoms with E-state index in [-0.39, 0.29) is 11.8 Å². The van der Waals surface area contributed by atoms with Crippen molar-refractivity contribution in [3.05, 3.63) is 121 Å². The lowest BCUT2D eigenvalue weighted by Crippen LogP contribution is -2.29. The SMILES string of the molecule is CC.CCCCC/C=C\C=C/CCCCCCCC(=O)n1cc(C2CCN(C)CC2)c2ccccc21.CCCCC/C=C\C=C/CCCCCCCC(=O)n1cc(C2CCN(C)CC2)c2ccccc21. The Balaban J connectivity index is 0.000000294. The van der Waals surface area contributed by atoms with Crippen LogP contribution in [-0.2, 0) is 0 Å². The third-order valence-electron chi connectivity index (χ3n) is 14.6. The molecule has 0 bridgehead atoms. The molecule has 6 rings (SSSR count). The number of aromatic nitrogens is 2. The minimum Gasteiger partial charge on any atom is -0.306 e. The number of rotatable bonds is 28. The van der Waals surface area contributed by atoms with Gasteiger partial charge in [0.25, 0.3) is 0 Å². The number of unbranched alkanes of at least 4 members (excludes halogenated alkanes) is 16. The summed E-state index contributed by atoms with van der Waals surface area (Å²) in [4.78, 5) is 30.9. The minimum absolute atomic E-state index is 0.254. The summed E-state index contributed by atoms with van der Waals surface area (Å²) in [5.74, 6) is 1.65. The van der Waals surface area contributed by atoms with Crippen LogP contribution in [0.2, 0.25) is 0 Å². The molecule has 2 fully saturated rings. The monoisotopic (exact) mass is 955 g/mol. The van der Waals surface area contributed by atoms with Crippen molar-refractivity contribution in [3.63, 3.8) is 0 Å². The molecule has 6 heteroatoms. The highest BCUT2D eigenvalue weighted by atomic mass is 16.2. The third kappa shape index (κ3) is 20.8. The van der Waals surface area contributed by atoms with Crippen LogP contribution in [0.1, 0.15) is 227 Å². The van der Waals surface area contributed by atoms with E-state index < -0.39 is 0 Å². The second-order valence-electron chi connectivity index (χ2n) is 20.2. The number of hydrogen-bond donors (Lipinski definition) is 0. The van der Waals surface area contributed by atoms with Gasteiger partial charge in [0.2, 0.25) is 11.8 Å². The highest BCUT2D eigenvalue weighted by Gasteiger charge is 2.25. The highest BCUT2D eigenvalue weighted by molar-refractivity contribution is 5.95. The molecule has 2 aliphatic heterocycles. The average molecular weight is 956 g/mol. The molecular formula is C64H98N4O2. The Kier molecular flexibility index (Phi) is 29.8. The van der Waals surface area contributed by atoms with Crippen LogP contribution in [0.3, 0.4) is 0 Å². The van der Waals surface area contributed by atoms with Crippen molar-refractivity contribution in [2.45, 2.75) is 206 Å². The van der Waals surface area contributed by atoms with Crippen molar-refractivity contribution < 1.29 is 9.59 Å². The number of para-hydroxylation sites is 2. The third-order valence-corrected chi connectivity index (χ3v) is 14.6. The summed E-state index contributed by atoms with van der Waals surface area (Å²) >= 11 is 0. The van der Waals surface area contributed by atoms with Crippen LogP contribution in [0.15, 0.2) is 110 Å². The van der Waals surface area contributed by atoms with Crippen LogP contribution in [0, 0.1) is 0 Å². The summed E-state index contributed by atoms with van der Waals surface area (Å²) in [5.41, 5.74) is 4.93. The fourth-order valence-corrected chi connectivity index (χ4v) is 10.2. The van der Waals surface area contributed by atoms with Crippen molar-refractivity contribution in [2.24, 2.45) is 0 Å². The van der Waals surface area contributed by atoms with E-state index in [0.29, 0.717) is 24.7 Å². The quantitative estimate of drug-likeness (QED) is 0.0420. The minimum atomic E-state index is 0.254. The molecule has 4 aromatic rings. The van der Waals surface area contributed by atoms with E-state index in [2.05, 4.69) is 147 Å². The maximum Gasteiger partial charge on any atom is 0.231 e. The second-order valence-corrected chi connectivity index (χ2v) is 20.2. The first kappa shape index (κ1) is 58.3. The molecule has 0 atom stereocenters. The fourth-order valence-electron chi connectivity index (χ4n) is 10.2. The van der Waals surface area contributed by atoms with E-state index in [4.69, 9.17) is 0 Å². The Morgan fingerprint density at radius 2 is 0.771 bits per heavy atom. The summed E-state index contributed by atoms with van der Waals surface area (Å²) < 4.78 is 3.90. The van der Waals surface area contributed by atoms with Gasteiger partial charge in [0.15, 0.2) is 0 Å². The summed E-state index contributed by atoms with van der Waals surface area (Å²) in [6.07, 6.45) is 52.6. The van der Waals surface area contributed by atoms with Gasteiger partial charge in [0.05, 0.1) is 11.0 Å². The van der Waals surface area contributed by atoms with Gasteiger partial charge in [-0.25, -0.2) is 0 Å². The Morgan fingerprint density at radius 1 is 0.457 bits per heavy atom. The van der Waals surface area contributed by atoms with Crippen molar-refractivity contribution >= 4 is 33.6 Å². The van der Waals surface area contributed by atoms with Gasteiger partial charge in [0.1, 0.15) is 0 Å². The Hall–Kier alpha value is -4.26. The Labute approximate surface area is 427 Å². The normalized spacial score (nSPS) is 15.5. The van der Waals surface area contributed by atoms with Crippen LogP contribution in [0.25, 0.3) is 21.8 Å². The molecule has 2 aromatic carbocycles. The van der Waals surface area contributed by atoms with Gasteiger partial charge in [-0.2, -0.15) is 0 Å². The molecule has 0 saturated carbocycles. The molecule has 70 heavy (non-hydrogen) atoms. The van der Waals surface area contributed by atoms with Gasteiger partial charge in [-0.15, -0.1) is 0 Å². The zero-order valence-corrected chi connectivity index (χ0v) is 45.4. The van der Waals surface area contributed by atoms with Crippen molar-refractivity contribution in [1.29, 1.82) is 0 Å². The lowest BCUT2D eigenvalue weighted by molar-refractivity contribution is 0.0895. The predicted octanol–water partition coefficient (Wildman–Crippen LogP) is 18.1. The van der Waals surface area contributed by atoms with E-state index in [1.54, 1.807) is 0 Å². The standard InChI is InChI=1S/2C31H46N2O.C2H6/c2*1-3-4-5-6-7-8-9-10-11-12-13-14-15-16-21-31(34)33-26-29(27-22-24-32(2)25-23-27)28-19-17-18-20-30(28)33;1-2/h2*7-10,17-20,26-27H,3-6,11-16,21-25H2,1-2H3;1-2H3/b2*8-7-,10-9-;. The maximum atomic E-state index is 13.1. The van der Waals surface area contributed by atoms with Crippen LogP contribution < -0.4 is 0 Å². The number of likely N-dealkylation sites (tertiary alicyclic amines) is 2. The van der Waals surface area contributed by atoms with Gasteiger partial charge in [-0.1, -0.05) is 177 Å². The van der Waals surface area contributed by atoms with E-state index in [1.807, 2.05) is 23.0 Å². The molecule has 0 aliphatic carbocycles. The van der Waals surface area contributed by atoms with Gasteiger partial charge in [-0.3, -0.25) is 18.7 Å². The van der Waals surface area contributed by atoms with Crippen LogP contribution in [0.4, 0.5) is 0 Å². The molecule has 2 aromatic heterocycles. The number of carbonyl (C=O) groups is 2. The van der Waals surface area contributed by atoms with Crippen LogP contribution in [0.5, 0.6) is 0 Å². The molecule has 0 radical (unpaired) electrons. The second kappa shape index (κ2) is 35.8. The molecule has 0 N–H and O–H groups in total. The van der Waals surface area contributed by atoms with Crippen LogP contribution >= 0.6 is 0 Å². The number of allylic oxidation sites excluding steroid dienone is 8. The first-order valence-corrected chi connectivity index (χ1v) is 28.7. The number of benzene rings is 2. The molecule has 0 amide bonds. The smallest absolute Gasteiger partial charge is 0.231 e. The van der Waals surface area contributed by atoms with Gasteiger partial charge in [0, 0.05) is 36.0 Å². The number of fused-ring (bicyclic) bond motifs is 2. The van der Waals surface area contributed by atoms with Gasteiger partial charge >= 0.3 is 0 Å². The molecule has 2 aliphatic rings. The number of nitrogens with zero attached hydrogens (tertiary/aromatic N) is 4. The van der Waals surface area contributed by atoms with E-state index in [0.717, 1.165) is 75.7 Å². The fraction of sp³-hybridized carbons (Fsp3) is 0.594. The predicted molar refractivity (Wildman–Crippen MR) is 305 cm³/mol.